The molecule has 0 aliphatic heterocycles. The summed E-state index contributed by atoms with van der Waals surface area (Å²) in [6, 6.07) is 8.38. The van der Waals surface area contributed by atoms with Crippen LogP contribution in [0, 0.1) is 5.92 Å². The van der Waals surface area contributed by atoms with E-state index in [2.05, 4.69) is 5.32 Å². The largest absolute Gasteiger partial charge is 0.449 e. The van der Waals surface area contributed by atoms with Crippen molar-refractivity contribution in [2.75, 3.05) is 6.07 Å². The fourth-order valence-corrected chi connectivity index (χ4v) is 2.02. The molecular formula is C16H22ClNO4. The zero-order chi connectivity index (χ0) is 16.8. The average molecular weight is 328 g/mol. The van der Waals surface area contributed by atoms with Gasteiger partial charge in [-0.2, -0.15) is 0 Å². The number of ether oxygens (including phenoxy) is 2. The Bertz CT molecular complexity index is 499. The van der Waals surface area contributed by atoms with Gasteiger partial charge in [0.25, 0.3) is 0 Å². The fourth-order valence-electron chi connectivity index (χ4n) is 1.91. The van der Waals surface area contributed by atoms with Gasteiger partial charge in [0.15, 0.2) is 6.07 Å². The Labute approximate surface area is 135 Å². The fraction of sp³-hybridized carbons (Fsp3) is 0.500. The number of carbonyl (C=O) groups is 2. The van der Waals surface area contributed by atoms with Gasteiger partial charge in [-0.15, -0.1) is 0 Å². The van der Waals surface area contributed by atoms with Crippen LogP contribution in [0.1, 0.15) is 39.3 Å². The molecule has 22 heavy (non-hydrogen) atoms. The summed E-state index contributed by atoms with van der Waals surface area (Å²) >= 11 is 5.43. The van der Waals surface area contributed by atoms with Crippen molar-refractivity contribution in [1.29, 1.82) is 0 Å². The SMILES string of the molecule is CC(C(=O)OCCl)C(NC(=O)OC(C)(C)C)c1ccccc1. The van der Waals surface area contributed by atoms with Crippen molar-refractivity contribution in [1.82, 2.24) is 5.32 Å². The molecule has 0 fully saturated rings. The molecule has 5 nitrogen and oxygen atoms in total. The normalized spacial score (nSPS) is 13.9. The molecule has 0 saturated carbocycles. The van der Waals surface area contributed by atoms with E-state index in [1.54, 1.807) is 27.7 Å². The van der Waals surface area contributed by atoms with Crippen LogP contribution in [0.25, 0.3) is 0 Å². The first-order valence-corrected chi connectivity index (χ1v) is 7.55. The Hall–Kier alpha value is -1.75. The van der Waals surface area contributed by atoms with Crippen LogP contribution in [0.15, 0.2) is 30.3 Å². The quantitative estimate of drug-likeness (QED) is 0.662. The van der Waals surface area contributed by atoms with Crippen LogP contribution in [-0.2, 0) is 14.3 Å². The smallest absolute Gasteiger partial charge is 0.408 e. The van der Waals surface area contributed by atoms with Gasteiger partial charge < -0.3 is 14.8 Å². The average Bonchev–Trinajstić information content (AvgIpc) is 2.43. The molecule has 122 valence electrons. The maximum atomic E-state index is 12.0. The molecule has 1 aromatic carbocycles. The van der Waals surface area contributed by atoms with Crippen molar-refractivity contribution < 1.29 is 19.1 Å². The van der Waals surface area contributed by atoms with Crippen molar-refractivity contribution in [2.45, 2.75) is 39.3 Å². The predicted molar refractivity (Wildman–Crippen MR) is 84.5 cm³/mol. The van der Waals surface area contributed by atoms with Crippen molar-refractivity contribution in [3.8, 4) is 0 Å². The van der Waals surface area contributed by atoms with Gasteiger partial charge in [-0.3, -0.25) is 4.79 Å². The summed E-state index contributed by atoms with van der Waals surface area (Å²) in [5, 5.41) is 2.72. The highest BCUT2D eigenvalue weighted by Gasteiger charge is 2.29. The van der Waals surface area contributed by atoms with E-state index in [0.29, 0.717) is 0 Å². The van der Waals surface area contributed by atoms with E-state index >= 15 is 0 Å². The van der Waals surface area contributed by atoms with E-state index in [9.17, 15) is 9.59 Å². The van der Waals surface area contributed by atoms with Crippen molar-refractivity contribution in [3.05, 3.63) is 35.9 Å². The van der Waals surface area contributed by atoms with Crippen LogP contribution in [0.2, 0.25) is 0 Å². The highest BCUT2D eigenvalue weighted by molar-refractivity contribution is 6.17. The Kier molecular flexibility index (Phi) is 6.68. The third kappa shape index (κ3) is 5.93. The molecule has 6 heteroatoms. The first kappa shape index (κ1) is 18.3. The number of nitrogens with one attached hydrogen (secondary N) is 1. The Morgan fingerprint density at radius 2 is 1.82 bits per heavy atom. The Balaban J connectivity index is 2.93. The third-order valence-electron chi connectivity index (χ3n) is 2.90. The van der Waals surface area contributed by atoms with Gasteiger partial charge in [0.1, 0.15) is 5.60 Å². The summed E-state index contributed by atoms with van der Waals surface area (Å²) in [4.78, 5) is 23.9. The van der Waals surface area contributed by atoms with Crippen LogP contribution in [-0.4, -0.2) is 23.7 Å². The zero-order valence-electron chi connectivity index (χ0n) is 13.3. The lowest BCUT2D eigenvalue weighted by Crippen LogP contribution is -2.39. The topological polar surface area (TPSA) is 64.6 Å². The molecule has 0 aromatic heterocycles. The van der Waals surface area contributed by atoms with Gasteiger partial charge in [-0.05, 0) is 33.3 Å². The molecule has 0 aliphatic carbocycles. The lowest BCUT2D eigenvalue weighted by molar-refractivity contribution is -0.146. The second kappa shape index (κ2) is 8.03. The van der Waals surface area contributed by atoms with Crippen molar-refractivity contribution in [2.24, 2.45) is 5.92 Å². The summed E-state index contributed by atoms with van der Waals surface area (Å²) in [6.07, 6.45) is -0.591. The maximum absolute atomic E-state index is 12.0. The number of amides is 1. The predicted octanol–water partition coefficient (Wildman–Crippen LogP) is 3.63. The molecule has 0 aliphatic rings. The van der Waals surface area contributed by atoms with Gasteiger partial charge in [0.2, 0.25) is 0 Å². The number of benzene rings is 1. The van der Waals surface area contributed by atoms with Crippen LogP contribution in [0.4, 0.5) is 4.79 Å². The number of alkyl halides is 1. The van der Waals surface area contributed by atoms with Gasteiger partial charge in [0, 0.05) is 0 Å². The standard InChI is InChI=1S/C16H22ClNO4/c1-11(14(19)21-10-17)13(12-8-6-5-7-9-12)18-15(20)22-16(2,3)4/h5-9,11,13H,10H2,1-4H3,(H,18,20). The second-order valence-corrected chi connectivity index (χ2v) is 6.11. The molecule has 0 heterocycles. The molecule has 1 amide bonds. The summed E-state index contributed by atoms with van der Waals surface area (Å²) in [5.74, 6) is -1.09. The van der Waals surface area contributed by atoms with E-state index in [4.69, 9.17) is 21.1 Å². The summed E-state index contributed by atoms with van der Waals surface area (Å²) in [6.45, 7) is 6.99. The summed E-state index contributed by atoms with van der Waals surface area (Å²) < 4.78 is 10.1. The number of hydrogen-bond acceptors (Lipinski definition) is 4. The molecule has 1 aromatic rings. The third-order valence-corrected chi connectivity index (χ3v) is 3.01. The lowest BCUT2D eigenvalue weighted by atomic mass is 9.94. The van der Waals surface area contributed by atoms with Crippen molar-refractivity contribution in [3.63, 3.8) is 0 Å². The van der Waals surface area contributed by atoms with Gasteiger partial charge in [-0.25, -0.2) is 4.79 Å². The highest BCUT2D eigenvalue weighted by atomic mass is 35.5. The van der Waals surface area contributed by atoms with Gasteiger partial charge in [-0.1, -0.05) is 41.9 Å². The molecule has 0 spiro atoms. The van der Waals surface area contributed by atoms with E-state index in [0.717, 1.165) is 5.56 Å². The minimum Gasteiger partial charge on any atom is -0.449 e. The molecule has 0 bridgehead atoms. The molecule has 2 atom stereocenters. The van der Waals surface area contributed by atoms with Crippen LogP contribution in [0.5, 0.6) is 0 Å². The molecule has 1 N–H and O–H groups in total. The highest BCUT2D eigenvalue weighted by Crippen LogP contribution is 2.24. The van der Waals surface area contributed by atoms with E-state index in [-0.39, 0.29) is 6.07 Å². The maximum Gasteiger partial charge on any atom is 0.408 e. The number of halogens is 1. The number of carbonyl (C=O) groups excluding carboxylic acids is 2. The van der Waals surface area contributed by atoms with E-state index in [1.807, 2.05) is 30.3 Å². The number of rotatable bonds is 5. The Morgan fingerprint density at radius 3 is 2.32 bits per heavy atom. The zero-order valence-corrected chi connectivity index (χ0v) is 14.0. The molecule has 0 saturated heterocycles. The van der Waals surface area contributed by atoms with Gasteiger partial charge >= 0.3 is 12.1 Å². The Morgan fingerprint density at radius 1 is 1.23 bits per heavy atom. The number of hydrogen-bond donors (Lipinski definition) is 1. The summed E-state index contributed by atoms with van der Waals surface area (Å²) in [7, 11) is 0. The minimum absolute atomic E-state index is 0.225. The number of esters is 1. The first-order chi connectivity index (χ1) is 10.2. The lowest BCUT2D eigenvalue weighted by Gasteiger charge is -2.26. The second-order valence-electron chi connectivity index (χ2n) is 5.90. The van der Waals surface area contributed by atoms with Crippen molar-refractivity contribution >= 4 is 23.7 Å². The molecule has 2 unspecified atom stereocenters. The molecular weight excluding hydrogens is 306 g/mol. The van der Waals surface area contributed by atoms with E-state index < -0.39 is 29.6 Å². The van der Waals surface area contributed by atoms with Gasteiger partial charge in [0.05, 0.1) is 12.0 Å². The van der Waals surface area contributed by atoms with Crippen LogP contribution >= 0.6 is 11.6 Å². The monoisotopic (exact) mass is 327 g/mol. The van der Waals surface area contributed by atoms with Crippen LogP contribution in [0.3, 0.4) is 0 Å². The first-order valence-electron chi connectivity index (χ1n) is 7.01. The minimum atomic E-state index is -0.620. The molecule has 0 radical (unpaired) electrons. The number of alkyl carbamates (subject to hydrolysis) is 1. The molecule has 1 rings (SSSR count). The van der Waals surface area contributed by atoms with Crippen LogP contribution < -0.4 is 5.32 Å². The summed E-state index contributed by atoms with van der Waals surface area (Å²) in [5.41, 5.74) is 0.165. The van der Waals surface area contributed by atoms with E-state index in [1.165, 1.54) is 0 Å².